The molecule has 2 amide bonds. The molecule has 1 aliphatic heterocycles. The van der Waals surface area contributed by atoms with Crippen molar-refractivity contribution in [2.75, 3.05) is 24.9 Å². The first-order valence-corrected chi connectivity index (χ1v) is 7.11. The van der Waals surface area contributed by atoms with Crippen LogP contribution in [0.15, 0.2) is 48.5 Å². The molecule has 1 saturated heterocycles. The highest BCUT2D eigenvalue weighted by Crippen LogP contribution is 2.23. The summed E-state index contributed by atoms with van der Waals surface area (Å²) in [5, 5.41) is -4.87. The molecule has 0 spiro atoms. The Labute approximate surface area is 177 Å². The average Bonchev–Trinajstić information content (AvgIpc) is 3.09. The zero-order valence-corrected chi connectivity index (χ0v) is 12.8. The van der Waals surface area contributed by atoms with Crippen LogP contribution in [0, 0.1) is 0 Å². The summed E-state index contributed by atoms with van der Waals surface area (Å²) in [7, 11) is 0. The Bertz CT molecular complexity index is 1540. The zero-order chi connectivity index (χ0) is 34.3. The molecule has 1 N–H and O–H groups in total. The van der Waals surface area contributed by atoms with E-state index in [-0.39, 0.29) is 17.1 Å². The van der Waals surface area contributed by atoms with Gasteiger partial charge >= 0.3 is 0 Å². The lowest BCUT2D eigenvalue weighted by atomic mass is 10.1. The number of pyridine rings is 1. The molecule has 25 heavy (non-hydrogen) atoms. The SMILES string of the molecule is [2H]c1nc(N(C([2H])([2H])[2H])C([2H])([2H])C([2H])([2H])Oc2c([2H])c([2H])c(C([2H])([2H])C3([2H])SC(=O)N([2H])C3=O)c([2H])c2[2H])c([2H])c([2H])c1[2H]. The van der Waals surface area contributed by atoms with Gasteiger partial charge in [-0.3, -0.25) is 14.9 Å². The van der Waals surface area contributed by atoms with Gasteiger partial charge in [-0.25, -0.2) is 4.98 Å². The number of aromatic nitrogens is 1. The Morgan fingerprint density at radius 2 is 2.28 bits per heavy atom. The number of nitrogens with one attached hydrogen (secondary N) is 1. The van der Waals surface area contributed by atoms with Gasteiger partial charge in [-0.05, 0) is 36.1 Å². The number of hydrogen-bond donors (Lipinski definition) is 1. The summed E-state index contributed by atoms with van der Waals surface area (Å²) in [5.74, 6) is -4.35. The number of anilines is 1. The lowest BCUT2D eigenvalue weighted by Gasteiger charge is -2.18. The molecule has 6 nitrogen and oxygen atoms in total. The van der Waals surface area contributed by atoms with Crippen LogP contribution in [-0.4, -0.2) is 41.4 Å². The second-order valence-electron chi connectivity index (χ2n) is 4.02. The molecule has 1 fully saturated rings. The molecule has 1 aromatic carbocycles. The first kappa shape index (κ1) is 5.48. The van der Waals surface area contributed by atoms with Crippen molar-refractivity contribution in [2.45, 2.75) is 11.6 Å². The standard InChI is InChI=1S/C18H19N3O3S/c1-21(16-4-2-3-9-19-16)10-11-24-14-7-5-13(6-8-14)12-15-17(22)20-18(23)25-15/h2-9,15H,10-12H2,1H3,(H,20,22,23)/i1D3,2D,3D,4D,5D,6D,7D,8D,9D,10D2,11D2,12D2,15D/hD. The van der Waals surface area contributed by atoms with Crippen LogP contribution in [0.4, 0.5) is 10.6 Å². The maximum absolute atomic E-state index is 12.4. The maximum atomic E-state index is 12.4. The Morgan fingerprint density at radius 3 is 3.00 bits per heavy atom. The quantitative estimate of drug-likeness (QED) is 0.800. The number of likely N-dealkylation sites (N-methyl/N-ethyl adjacent to an activating group) is 1. The second-order valence-corrected chi connectivity index (χ2v) is 4.98. The molecule has 1 unspecified atom stereocenters. The third-order valence-electron chi connectivity index (χ3n) is 2.39. The van der Waals surface area contributed by atoms with E-state index in [0.717, 1.165) is 0 Å². The number of rotatable bonds is 7. The predicted octanol–water partition coefficient (Wildman–Crippen LogP) is 2.49. The minimum absolute atomic E-state index is 0.267. The number of nitrogens with zero attached hydrogens (tertiary/aromatic N) is 2. The number of amides is 2. The van der Waals surface area contributed by atoms with Gasteiger partial charge in [-0.2, -0.15) is 0 Å². The first-order chi connectivity index (χ1) is 19.7. The van der Waals surface area contributed by atoms with Gasteiger partial charge in [0.25, 0.3) is 5.24 Å². The molecule has 1 aliphatic rings. The minimum Gasteiger partial charge on any atom is -0.492 e. The number of imide groups is 1. The smallest absolute Gasteiger partial charge is 0.286 e. The average molecular weight is 377 g/mol. The first-order valence-electron chi connectivity index (χ1n) is 15.7. The van der Waals surface area contributed by atoms with E-state index in [1.807, 2.05) is 0 Å². The fraction of sp³-hybridized carbons (Fsp3) is 0.278. The minimum atomic E-state index is -3.99. The van der Waals surface area contributed by atoms with Crippen LogP contribution in [0.25, 0.3) is 0 Å². The predicted molar refractivity (Wildman–Crippen MR) is 98.1 cm³/mol. The summed E-state index contributed by atoms with van der Waals surface area (Å²) in [6, 6.07) is -8.60. The highest BCUT2D eigenvalue weighted by molar-refractivity contribution is 8.15. The highest BCUT2D eigenvalue weighted by atomic mass is 32.2. The molecule has 0 saturated carbocycles. The Balaban J connectivity index is 2.20. The van der Waals surface area contributed by atoms with Gasteiger partial charge in [0.15, 0.2) is 1.41 Å². The number of thioether (sulfide) groups is 1. The second kappa shape index (κ2) is 8.02. The van der Waals surface area contributed by atoms with Gasteiger partial charge in [-0.15, -0.1) is 0 Å². The fourth-order valence-electron chi connectivity index (χ4n) is 1.40. The van der Waals surface area contributed by atoms with E-state index in [4.69, 9.17) is 30.8 Å². The molecular formula is C18H19N3O3S. The van der Waals surface area contributed by atoms with Crippen LogP contribution in [0.1, 0.15) is 30.2 Å². The Hall–Kier alpha value is -2.54. The molecule has 7 heteroatoms. The van der Waals surface area contributed by atoms with Gasteiger partial charge in [0.05, 0.1) is 29.5 Å². The van der Waals surface area contributed by atoms with Crippen LogP contribution in [0.3, 0.4) is 0 Å². The molecule has 1 atom stereocenters. The van der Waals surface area contributed by atoms with Crippen molar-refractivity contribution in [2.24, 2.45) is 0 Å². The molecule has 2 heterocycles. The fourth-order valence-corrected chi connectivity index (χ4v) is 1.99. The number of carbonyl (C=O) groups excluding carboxylic acids is 2. The summed E-state index contributed by atoms with van der Waals surface area (Å²) in [4.78, 5) is 27.2. The monoisotopic (exact) mass is 376 g/mol. The number of ether oxygens (including phenoxy) is 1. The van der Waals surface area contributed by atoms with Crippen LogP contribution in [0.2, 0.25) is 1.41 Å². The lowest BCUT2D eigenvalue weighted by molar-refractivity contribution is -0.118. The van der Waals surface area contributed by atoms with Crippen LogP contribution >= 0.6 is 11.8 Å². The van der Waals surface area contributed by atoms with Gasteiger partial charge in [0.2, 0.25) is 5.91 Å². The van der Waals surface area contributed by atoms with Crippen molar-refractivity contribution < 1.29 is 40.4 Å². The van der Waals surface area contributed by atoms with Gasteiger partial charge in [-0.1, -0.05) is 29.9 Å². The third kappa shape index (κ3) is 4.73. The molecule has 1 aromatic heterocycles. The number of hydrogen-bond acceptors (Lipinski definition) is 6. The van der Waals surface area contributed by atoms with E-state index in [9.17, 15) is 9.59 Å². The third-order valence-corrected chi connectivity index (χ3v) is 3.14. The summed E-state index contributed by atoms with van der Waals surface area (Å²) < 4.78 is 158. The van der Waals surface area contributed by atoms with Crippen molar-refractivity contribution in [3.63, 3.8) is 0 Å². The highest BCUT2D eigenvalue weighted by Gasteiger charge is 2.31. The van der Waals surface area contributed by atoms with E-state index >= 15 is 0 Å². The van der Waals surface area contributed by atoms with Crippen molar-refractivity contribution in [3.05, 3.63) is 54.0 Å². The molecule has 2 aromatic rings. The maximum Gasteiger partial charge on any atom is 0.286 e. The van der Waals surface area contributed by atoms with Crippen LogP contribution in [0.5, 0.6) is 5.75 Å². The molecule has 0 radical (unpaired) electrons. The topological polar surface area (TPSA) is 71.5 Å². The molecule has 3 rings (SSSR count). The lowest BCUT2D eigenvalue weighted by Crippen LogP contribution is -2.25. The normalized spacial score (nSPS) is 33.1. The molecule has 0 bridgehead atoms. The van der Waals surface area contributed by atoms with E-state index in [2.05, 4.69) is 4.98 Å². The van der Waals surface area contributed by atoms with E-state index < -0.39 is 113 Å². The molecule has 130 valence electrons. The van der Waals surface area contributed by atoms with Gasteiger partial charge in [0, 0.05) is 20.0 Å². The van der Waals surface area contributed by atoms with Crippen LogP contribution < -0.4 is 14.9 Å². The van der Waals surface area contributed by atoms with Crippen molar-refractivity contribution in [3.8, 4) is 5.75 Å². The molecular weight excluding hydrogens is 338 g/mol. The molecule has 0 aliphatic carbocycles. The van der Waals surface area contributed by atoms with E-state index in [0.29, 0.717) is 0 Å². The van der Waals surface area contributed by atoms with Gasteiger partial charge < -0.3 is 9.64 Å². The summed E-state index contributed by atoms with van der Waals surface area (Å²) >= 11 is -0.267. The summed E-state index contributed by atoms with van der Waals surface area (Å²) in [6.07, 6.45) is -4.55. The summed E-state index contributed by atoms with van der Waals surface area (Å²) in [5.41, 5.74) is -1.27. The van der Waals surface area contributed by atoms with Crippen LogP contribution in [-0.2, 0) is 11.2 Å². The Kier molecular flexibility index (Phi) is 1.76. The summed E-state index contributed by atoms with van der Waals surface area (Å²) in [6.45, 7) is -11.7. The van der Waals surface area contributed by atoms with Gasteiger partial charge in [0.1, 0.15) is 18.1 Å². The number of carbonyl (C=O) groups is 2. The van der Waals surface area contributed by atoms with E-state index in [1.54, 1.807) is 0 Å². The Morgan fingerprint density at radius 1 is 1.44 bits per heavy atom. The van der Waals surface area contributed by atoms with Crippen molar-refractivity contribution in [1.82, 2.24) is 10.3 Å². The van der Waals surface area contributed by atoms with E-state index in [1.165, 1.54) is 0 Å². The zero-order valence-electron chi connectivity index (χ0n) is 31.0. The largest absolute Gasteiger partial charge is 0.492 e. The van der Waals surface area contributed by atoms with Crippen molar-refractivity contribution in [1.29, 1.82) is 0 Å². The van der Waals surface area contributed by atoms with Crippen molar-refractivity contribution >= 4 is 28.7 Å². The number of benzene rings is 1.